The van der Waals surface area contributed by atoms with Gasteiger partial charge in [0.15, 0.2) is 0 Å². The average molecular weight is 258 g/mol. The molecular weight excluding hydrogens is 236 g/mol. The zero-order valence-electron chi connectivity index (χ0n) is 11.4. The van der Waals surface area contributed by atoms with E-state index in [9.17, 15) is 0 Å². The van der Waals surface area contributed by atoms with Crippen LogP contribution in [0.25, 0.3) is 10.8 Å². The molecule has 0 aliphatic carbocycles. The first-order chi connectivity index (χ1) is 9.35. The number of ether oxygens (including phenoxy) is 1. The lowest BCUT2D eigenvalue weighted by molar-refractivity contribution is 0.141. The molecule has 0 saturated carbocycles. The topological polar surface area (TPSA) is 47.3 Å². The van der Waals surface area contributed by atoms with Crippen molar-refractivity contribution in [1.29, 1.82) is 0 Å². The maximum Gasteiger partial charge on any atom is 0.0466 e. The maximum atomic E-state index is 5.67. The number of nitrogens with one attached hydrogen (secondary N) is 1. The van der Waals surface area contributed by atoms with E-state index in [-0.39, 0.29) is 6.04 Å². The van der Waals surface area contributed by atoms with Gasteiger partial charge in [0, 0.05) is 19.3 Å². The number of nitrogens with two attached hydrogens (primary N) is 1. The Morgan fingerprint density at radius 3 is 2.68 bits per heavy atom. The Morgan fingerprint density at radius 1 is 1.16 bits per heavy atom. The molecule has 2 rings (SSSR count). The Morgan fingerprint density at radius 2 is 1.95 bits per heavy atom. The highest BCUT2D eigenvalue weighted by Crippen LogP contribution is 2.22. The first-order valence-electron chi connectivity index (χ1n) is 6.87. The van der Waals surface area contributed by atoms with Crippen molar-refractivity contribution in [1.82, 2.24) is 5.43 Å². The lowest BCUT2D eigenvalue weighted by Crippen LogP contribution is -2.28. The summed E-state index contributed by atoms with van der Waals surface area (Å²) in [5.74, 6) is 5.67. The molecule has 0 aliphatic heterocycles. The Kier molecular flexibility index (Phi) is 5.33. The van der Waals surface area contributed by atoms with E-state index < -0.39 is 0 Å². The number of hydrazine groups is 1. The fourth-order valence-corrected chi connectivity index (χ4v) is 2.30. The van der Waals surface area contributed by atoms with Crippen LogP contribution >= 0.6 is 0 Å². The van der Waals surface area contributed by atoms with Gasteiger partial charge in [0.1, 0.15) is 0 Å². The van der Waals surface area contributed by atoms with Crippen molar-refractivity contribution >= 4 is 10.8 Å². The van der Waals surface area contributed by atoms with Crippen LogP contribution in [0, 0.1) is 0 Å². The van der Waals surface area contributed by atoms with Crippen LogP contribution in [0.5, 0.6) is 0 Å². The van der Waals surface area contributed by atoms with Crippen LogP contribution in [-0.2, 0) is 4.74 Å². The molecular formula is C16H22N2O. The number of hydrogen-bond acceptors (Lipinski definition) is 3. The third-order valence-electron chi connectivity index (χ3n) is 3.36. The van der Waals surface area contributed by atoms with Crippen LogP contribution < -0.4 is 11.3 Å². The molecule has 1 unspecified atom stereocenters. The van der Waals surface area contributed by atoms with Gasteiger partial charge in [0.05, 0.1) is 0 Å². The van der Waals surface area contributed by atoms with Crippen molar-refractivity contribution in [2.24, 2.45) is 5.84 Å². The minimum atomic E-state index is 0.185. The standard InChI is InChI=1S/C16H22N2O/c1-2-19-11-5-8-16(18-17)15-10-9-13-6-3-4-7-14(13)12-15/h3-4,6-7,9-10,12,16,18H,2,5,8,11,17H2,1H3. The summed E-state index contributed by atoms with van der Waals surface area (Å²) < 4.78 is 5.37. The van der Waals surface area contributed by atoms with Crippen molar-refractivity contribution in [3.05, 3.63) is 48.0 Å². The van der Waals surface area contributed by atoms with Gasteiger partial charge in [0.2, 0.25) is 0 Å². The smallest absolute Gasteiger partial charge is 0.0466 e. The van der Waals surface area contributed by atoms with Crippen LogP contribution in [0.15, 0.2) is 42.5 Å². The third kappa shape index (κ3) is 3.77. The monoisotopic (exact) mass is 258 g/mol. The van der Waals surface area contributed by atoms with Crippen molar-refractivity contribution in [3.8, 4) is 0 Å². The first kappa shape index (κ1) is 14.0. The molecule has 0 spiro atoms. The molecule has 0 bridgehead atoms. The molecule has 102 valence electrons. The maximum absolute atomic E-state index is 5.67. The van der Waals surface area contributed by atoms with Crippen molar-refractivity contribution in [2.45, 2.75) is 25.8 Å². The van der Waals surface area contributed by atoms with Crippen LogP contribution in [0.4, 0.5) is 0 Å². The summed E-state index contributed by atoms with van der Waals surface area (Å²) >= 11 is 0. The minimum absolute atomic E-state index is 0.185. The molecule has 3 heteroatoms. The fraction of sp³-hybridized carbons (Fsp3) is 0.375. The molecule has 19 heavy (non-hydrogen) atoms. The Balaban J connectivity index is 2.07. The molecule has 0 fully saturated rings. The van der Waals surface area contributed by atoms with Gasteiger partial charge in [-0.25, -0.2) is 0 Å². The lowest BCUT2D eigenvalue weighted by atomic mass is 9.99. The largest absolute Gasteiger partial charge is 0.382 e. The van der Waals surface area contributed by atoms with E-state index in [2.05, 4.69) is 47.9 Å². The average Bonchev–Trinajstić information content (AvgIpc) is 2.47. The molecule has 0 aromatic heterocycles. The zero-order valence-corrected chi connectivity index (χ0v) is 11.4. The van der Waals surface area contributed by atoms with Gasteiger partial charge in [-0.1, -0.05) is 36.4 Å². The predicted molar refractivity (Wildman–Crippen MR) is 79.7 cm³/mol. The highest BCUT2D eigenvalue weighted by atomic mass is 16.5. The van der Waals surface area contributed by atoms with Gasteiger partial charge in [-0.15, -0.1) is 0 Å². The number of hydrogen-bond donors (Lipinski definition) is 2. The lowest BCUT2D eigenvalue weighted by Gasteiger charge is -2.17. The van der Waals surface area contributed by atoms with Gasteiger partial charge in [0.25, 0.3) is 0 Å². The van der Waals surface area contributed by atoms with Gasteiger partial charge >= 0.3 is 0 Å². The van der Waals surface area contributed by atoms with E-state index >= 15 is 0 Å². The molecule has 3 nitrogen and oxygen atoms in total. The zero-order chi connectivity index (χ0) is 13.5. The van der Waals surface area contributed by atoms with E-state index in [0.29, 0.717) is 0 Å². The Bertz CT molecular complexity index is 513. The van der Waals surface area contributed by atoms with Crippen LogP contribution in [0.2, 0.25) is 0 Å². The second-order valence-electron chi connectivity index (χ2n) is 4.66. The molecule has 1 atom stereocenters. The summed E-state index contributed by atoms with van der Waals surface area (Å²) in [6.45, 7) is 3.58. The highest BCUT2D eigenvalue weighted by Gasteiger charge is 2.09. The summed E-state index contributed by atoms with van der Waals surface area (Å²) in [4.78, 5) is 0. The van der Waals surface area contributed by atoms with E-state index in [4.69, 9.17) is 10.6 Å². The summed E-state index contributed by atoms with van der Waals surface area (Å²) in [5, 5.41) is 2.52. The molecule has 0 heterocycles. The van der Waals surface area contributed by atoms with Crippen LogP contribution in [0.3, 0.4) is 0 Å². The second-order valence-corrected chi connectivity index (χ2v) is 4.66. The minimum Gasteiger partial charge on any atom is -0.382 e. The van der Waals surface area contributed by atoms with E-state index in [0.717, 1.165) is 26.1 Å². The van der Waals surface area contributed by atoms with Gasteiger partial charge in [-0.05, 0) is 42.2 Å². The van der Waals surface area contributed by atoms with Crippen LogP contribution in [0.1, 0.15) is 31.4 Å². The normalized spacial score (nSPS) is 12.7. The molecule has 0 saturated heterocycles. The number of fused-ring (bicyclic) bond motifs is 1. The van der Waals surface area contributed by atoms with Gasteiger partial charge in [-0.2, -0.15) is 0 Å². The summed E-state index contributed by atoms with van der Waals surface area (Å²) in [6.07, 6.45) is 1.99. The van der Waals surface area contributed by atoms with E-state index in [1.807, 2.05) is 6.92 Å². The molecule has 2 aromatic rings. The molecule has 0 amide bonds. The van der Waals surface area contributed by atoms with Crippen molar-refractivity contribution < 1.29 is 4.74 Å². The molecule has 0 aliphatic rings. The Hall–Kier alpha value is -1.42. The SMILES string of the molecule is CCOCCCC(NN)c1ccc2ccccc2c1. The quantitative estimate of drug-likeness (QED) is 0.455. The van der Waals surface area contributed by atoms with E-state index in [1.165, 1.54) is 16.3 Å². The number of rotatable bonds is 7. The summed E-state index contributed by atoms with van der Waals surface area (Å²) in [6, 6.07) is 15.1. The predicted octanol–water partition coefficient (Wildman–Crippen LogP) is 3.16. The highest BCUT2D eigenvalue weighted by molar-refractivity contribution is 5.83. The Labute approximate surface area is 114 Å². The first-order valence-corrected chi connectivity index (χ1v) is 6.87. The van der Waals surface area contributed by atoms with Crippen LogP contribution in [-0.4, -0.2) is 13.2 Å². The third-order valence-corrected chi connectivity index (χ3v) is 3.36. The molecule has 0 radical (unpaired) electrons. The molecule has 3 N–H and O–H groups in total. The summed E-state index contributed by atoms with van der Waals surface area (Å²) in [5.41, 5.74) is 4.14. The number of benzene rings is 2. The van der Waals surface area contributed by atoms with Crippen molar-refractivity contribution in [3.63, 3.8) is 0 Å². The van der Waals surface area contributed by atoms with Gasteiger partial charge < -0.3 is 4.74 Å². The van der Waals surface area contributed by atoms with E-state index in [1.54, 1.807) is 0 Å². The van der Waals surface area contributed by atoms with Crippen molar-refractivity contribution in [2.75, 3.05) is 13.2 Å². The van der Waals surface area contributed by atoms with Gasteiger partial charge in [-0.3, -0.25) is 11.3 Å². The fourth-order valence-electron chi connectivity index (χ4n) is 2.30. The summed E-state index contributed by atoms with van der Waals surface area (Å²) in [7, 11) is 0. The second kappa shape index (κ2) is 7.24. The molecule has 2 aromatic carbocycles.